The summed E-state index contributed by atoms with van der Waals surface area (Å²) in [5.41, 5.74) is 0.561. The molecule has 1 fully saturated rings. The monoisotopic (exact) mass is 282 g/mol. The average molecular weight is 282 g/mol. The minimum Gasteiger partial charge on any atom is -0.453 e. The number of aromatic nitrogens is 2. The number of fused-ring (bicyclic) bond motifs is 1. The fourth-order valence-corrected chi connectivity index (χ4v) is 2.53. The molecule has 0 radical (unpaired) electrons. The fourth-order valence-electron chi connectivity index (χ4n) is 2.53. The van der Waals surface area contributed by atoms with Crippen molar-refractivity contribution in [3.05, 3.63) is 59.0 Å². The lowest BCUT2D eigenvalue weighted by atomic mass is 10.2. The van der Waals surface area contributed by atoms with E-state index < -0.39 is 0 Å². The van der Waals surface area contributed by atoms with Crippen LogP contribution in [0.2, 0.25) is 0 Å². The lowest BCUT2D eigenvalue weighted by Gasteiger charge is -1.99. The molecule has 0 N–H and O–H groups in total. The van der Waals surface area contributed by atoms with Crippen LogP contribution in [0.1, 0.15) is 29.4 Å². The quantitative estimate of drug-likeness (QED) is 0.691. The molecule has 2 aromatic heterocycles. The normalized spacial score (nSPS) is 14.7. The van der Waals surface area contributed by atoms with E-state index in [0.717, 1.165) is 18.2 Å². The van der Waals surface area contributed by atoms with Crippen molar-refractivity contribution in [1.82, 2.24) is 9.13 Å². The molecule has 0 unspecified atom stereocenters. The molecule has 1 saturated carbocycles. The van der Waals surface area contributed by atoms with E-state index in [1.165, 1.54) is 4.57 Å². The number of para-hydroxylation sites is 1. The van der Waals surface area contributed by atoms with E-state index in [9.17, 15) is 9.59 Å². The molecular formula is C16H14N2O3. The number of furan rings is 1. The predicted octanol–water partition coefficient (Wildman–Crippen LogP) is 2.61. The van der Waals surface area contributed by atoms with Gasteiger partial charge in [-0.05, 0) is 25.0 Å². The molecule has 2 heterocycles. The van der Waals surface area contributed by atoms with Crippen molar-refractivity contribution in [1.29, 1.82) is 0 Å². The first-order valence-corrected chi connectivity index (χ1v) is 7.01. The number of carbonyl (C=O) groups is 1. The molecule has 1 aliphatic carbocycles. The first kappa shape index (κ1) is 12.2. The summed E-state index contributed by atoms with van der Waals surface area (Å²) in [6.45, 7) is 0.0123. The van der Waals surface area contributed by atoms with E-state index in [4.69, 9.17) is 4.42 Å². The maximum absolute atomic E-state index is 12.3. The van der Waals surface area contributed by atoms with Gasteiger partial charge in [-0.1, -0.05) is 18.2 Å². The Labute approximate surface area is 120 Å². The van der Waals surface area contributed by atoms with Gasteiger partial charge >= 0.3 is 5.69 Å². The van der Waals surface area contributed by atoms with Gasteiger partial charge in [0.15, 0.2) is 5.76 Å². The standard InChI is InChI=1S/C16H14N2O3/c19-13(15-9-11-3-1-2-4-14(11)21-15)10-17-7-8-18(16(17)20)12-5-6-12/h1-4,7-9,12H,5-6,10H2. The number of ketones is 1. The highest BCUT2D eigenvalue weighted by Crippen LogP contribution is 2.33. The zero-order valence-electron chi connectivity index (χ0n) is 11.4. The van der Waals surface area contributed by atoms with Gasteiger partial charge in [0, 0.05) is 23.8 Å². The number of imidazole rings is 1. The van der Waals surface area contributed by atoms with Gasteiger partial charge in [0.2, 0.25) is 5.78 Å². The average Bonchev–Trinajstić information content (AvgIpc) is 3.13. The van der Waals surface area contributed by atoms with Gasteiger partial charge in [-0.2, -0.15) is 0 Å². The largest absolute Gasteiger partial charge is 0.453 e. The SMILES string of the molecule is O=C(Cn1ccn(C2CC2)c1=O)c1cc2ccccc2o1. The highest BCUT2D eigenvalue weighted by Gasteiger charge is 2.26. The predicted molar refractivity (Wildman–Crippen MR) is 77.5 cm³/mol. The Kier molecular flexibility index (Phi) is 2.60. The van der Waals surface area contributed by atoms with Crippen molar-refractivity contribution in [3.8, 4) is 0 Å². The number of carbonyl (C=O) groups excluding carboxylic acids is 1. The van der Waals surface area contributed by atoms with Crippen LogP contribution in [0.4, 0.5) is 0 Å². The number of rotatable bonds is 4. The molecule has 1 aliphatic rings. The third-order valence-electron chi connectivity index (χ3n) is 3.83. The van der Waals surface area contributed by atoms with Crippen LogP contribution in [0.25, 0.3) is 11.0 Å². The Morgan fingerprint density at radius 2 is 2.05 bits per heavy atom. The minimum atomic E-state index is -0.193. The number of Topliss-reactive ketones (excluding diaryl/α,β-unsaturated/α-hetero) is 1. The summed E-state index contributed by atoms with van der Waals surface area (Å²) in [6, 6.07) is 9.51. The zero-order chi connectivity index (χ0) is 14.4. The van der Waals surface area contributed by atoms with Gasteiger partial charge in [0.1, 0.15) is 5.58 Å². The highest BCUT2D eigenvalue weighted by atomic mass is 16.3. The molecule has 3 aromatic rings. The summed E-state index contributed by atoms with van der Waals surface area (Å²) in [4.78, 5) is 24.4. The molecule has 21 heavy (non-hydrogen) atoms. The van der Waals surface area contributed by atoms with Crippen LogP contribution in [0.3, 0.4) is 0 Å². The summed E-state index contributed by atoms with van der Waals surface area (Å²) >= 11 is 0. The van der Waals surface area contributed by atoms with Crippen LogP contribution < -0.4 is 5.69 Å². The highest BCUT2D eigenvalue weighted by molar-refractivity contribution is 5.97. The van der Waals surface area contributed by atoms with Crippen LogP contribution >= 0.6 is 0 Å². The van der Waals surface area contributed by atoms with Crippen LogP contribution in [0, 0.1) is 0 Å². The molecule has 0 aliphatic heterocycles. The topological polar surface area (TPSA) is 57.1 Å². The number of benzene rings is 1. The molecule has 0 bridgehead atoms. The zero-order valence-corrected chi connectivity index (χ0v) is 11.4. The van der Waals surface area contributed by atoms with E-state index in [1.807, 2.05) is 24.3 Å². The molecule has 0 amide bonds. The van der Waals surface area contributed by atoms with E-state index in [0.29, 0.717) is 17.4 Å². The Bertz CT molecular complexity index is 847. The lowest BCUT2D eigenvalue weighted by molar-refractivity contribution is 0.0945. The van der Waals surface area contributed by atoms with Crippen molar-refractivity contribution >= 4 is 16.8 Å². The van der Waals surface area contributed by atoms with Crippen LogP contribution in [0.5, 0.6) is 0 Å². The molecule has 106 valence electrons. The third kappa shape index (κ3) is 2.11. The summed E-state index contributed by atoms with van der Waals surface area (Å²) in [6.07, 6.45) is 5.51. The Morgan fingerprint density at radius 1 is 1.24 bits per heavy atom. The number of hydrogen-bond donors (Lipinski definition) is 0. The van der Waals surface area contributed by atoms with E-state index in [1.54, 1.807) is 23.0 Å². The minimum absolute atomic E-state index is 0.0123. The third-order valence-corrected chi connectivity index (χ3v) is 3.83. The molecule has 5 nitrogen and oxygen atoms in total. The Morgan fingerprint density at radius 3 is 2.81 bits per heavy atom. The molecule has 0 saturated heterocycles. The van der Waals surface area contributed by atoms with Crippen LogP contribution in [-0.4, -0.2) is 14.9 Å². The fraction of sp³-hybridized carbons (Fsp3) is 0.250. The molecule has 1 aromatic carbocycles. The maximum atomic E-state index is 12.3. The van der Waals surface area contributed by atoms with Gasteiger partial charge in [0.05, 0.1) is 6.54 Å². The van der Waals surface area contributed by atoms with Crippen molar-refractivity contribution in [2.24, 2.45) is 0 Å². The summed E-state index contributed by atoms with van der Waals surface area (Å²) in [5, 5.41) is 0.892. The Balaban J connectivity index is 1.61. The Hall–Kier alpha value is -2.56. The second kappa shape index (κ2) is 4.48. The van der Waals surface area contributed by atoms with Gasteiger partial charge in [-0.25, -0.2) is 4.79 Å². The molecule has 0 atom stereocenters. The molecule has 4 rings (SSSR count). The first-order valence-electron chi connectivity index (χ1n) is 7.01. The van der Waals surface area contributed by atoms with Crippen LogP contribution in [0.15, 0.2) is 51.9 Å². The van der Waals surface area contributed by atoms with Crippen molar-refractivity contribution < 1.29 is 9.21 Å². The van der Waals surface area contributed by atoms with Gasteiger partial charge in [-0.3, -0.25) is 13.9 Å². The molecular weight excluding hydrogens is 268 g/mol. The summed E-state index contributed by atoms with van der Waals surface area (Å²) in [7, 11) is 0. The molecule has 5 heteroatoms. The van der Waals surface area contributed by atoms with Gasteiger partial charge < -0.3 is 4.42 Å². The van der Waals surface area contributed by atoms with E-state index in [-0.39, 0.29) is 18.0 Å². The second-order valence-corrected chi connectivity index (χ2v) is 5.42. The smallest absolute Gasteiger partial charge is 0.328 e. The maximum Gasteiger partial charge on any atom is 0.328 e. The lowest BCUT2D eigenvalue weighted by Crippen LogP contribution is -2.26. The van der Waals surface area contributed by atoms with E-state index in [2.05, 4.69) is 0 Å². The first-order chi connectivity index (χ1) is 10.2. The van der Waals surface area contributed by atoms with Crippen molar-refractivity contribution in [2.75, 3.05) is 0 Å². The van der Waals surface area contributed by atoms with Crippen molar-refractivity contribution in [3.63, 3.8) is 0 Å². The van der Waals surface area contributed by atoms with Gasteiger partial charge in [0.25, 0.3) is 0 Å². The van der Waals surface area contributed by atoms with Crippen molar-refractivity contribution in [2.45, 2.75) is 25.4 Å². The molecule has 0 spiro atoms. The number of nitrogens with zero attached hydrogens (tertiary/aromatic N) is 2. The van der Waals surface area contributed by atoms with Crippen LogP contribution in [-0.2, 0) is 6.54 Å². The van der Waals surface area contributed by atoms with E-state index >= 15 is 0 Å². The van der Waals surface area contributed by atoms with Gasteiger partial charge in [-0.15, -0.1) is 0 Å². The number of hydrogen-bond acceptors (Lipinski definition) is 3. The summed E-state index contributed by atoms with van der Waals surface area (Å²) in [5.74, 6) is 0.101. The summed E-state index contributed by atoms with van der Waals surface area (Å²) < 4.78 is 8.68. The second-order valence-electron chi connectivity index (χ2n) is 5.42.